The summed E-state index contributed by atoms with van der Waals surface area (Å²) in [6, 6.07) is 86.5. The third-order valence-corrected chi connectivity index (χ3v) is 15.4. The molecule has 11 aromatic carbocycles. The fraction of sp³-hybridized carbons (Fsp3) is 0. The predicted octanol–water partition coefficient (Wildman–Crippen LogP) is 18.1. The van der Waals surface area contributed by atoms with Crippen LogP contribution in [0.2, 0.25) is 0 Å². The molecule has 0 bridgehead atoms. The number of hydrogen-bond acceptors (Lipinski definition) is 6. The molecule has 16 aromatic rings. The van der Waals surface area contributed by atoms with E-state index in [4.69, 9.17) is 23.8 Å². The molecule has 0 N–H and O–H groups in total. The van der Waals surface area contributed by atoms with Crippen molar-refractivity contribution in [3.05, 3.63) is 248 Å². The van der Waals surface area contributed by atoms with E-state index in [0.717, 1.165) is 127 Å². The molecular formula is C70H40N6O2. The summed E-state index contributed by atoms with van der Waals surface area (Å²) in [5, 5.41) is 18.9. The lowest BCUT2D eigenvalue weighted by atomic mass is 9.92. The highest BCUT2D eigenvalue weighted by molar-refractivity contribution is 6.14. The van der Waals surface area contributed by atoms with Crippen LogP contribution in [0.5, 0.6) is 0 Å². The van der Waals surface area contributed by atoms with E-state index in [9.17, 15) is 5.26 Å². The summed E-state index contributed by atoms with van der Waals surface area (Å²) >= 11 is 0. The minimum absolute atomic E-state index is 0.502. The first-order valence-electron chi connectivity index (χ1n) is 26.0. The lowest BCUT2D eigenvalue weighted by Gasteiger charge is -2.21. The second kappa shape index (κ2) is 17.1. The van der Waals surface area contributed by atoms with E-state index in [0.29, 0.717) is 23.0 Å². The number of fused-ring (bicyclic) bond motifs is 12. The van der Waals surface area contributed by atoms with Crippen LogP contribution in [0.25, 0.3) is 155 Å². The van der Waals surface area contributed by atoms with Crippen LogP contribution in [-0.2, 0) is 0 Å². The Morgan fingerprint density at radius 3 is 1.28 bits per heavy atom. The summed E-state index contributed by atoms with van der Waals surface area (Å²) < 4.78 is 17.6. The minimum atomic E-state index is 0.502. The Balaban J connectivity index is 0.967. The molecule has 8 heteroatoms. The molecule has 0 saturated carbocycles. The van der Waals surface area contributed by atoms with Crippen molar-refractivity contribution >= 4 is 87.5 Å². The van der Waals surface area contributed by atoms with Crippen molar-refractivity contribution in [3.8, 4) is 73.9 Å². The Bertz CT molecular complexity index is 4930. The molecule has 0 amide bonds. The van der Waals surface area contributed by atoms with Crippen molar-refractivity contribution in [1.29, 1.82) is 5.26 Å². The van der Waals surface area contributed by atoms with E-state index in [1.807, 2.05) is 72.8 Å². The van der Waals surface area contributed by atoms with E-state index >= 15 is 0 Å². The van der Waals surface area contributed by atoms with Gasteiger partial charge in [-0.2, -0.15) is 5.26 Å². The highest BCUT2D eigenvalue weighted by Crippen LogP contribution is 2.45. The molecule has 0 radical (unpaired) electrons. The topological polar surface area (TPSA) is 98.6 Å². The molecule has 0 unspecified atom stereocenters. The average Bonchev–Trinajstić information content (AvgIpc) is 4.43. The maximum absolute atomic E-state index is 10.4. The summed E-state index contributed by atoms with van der Waals surface area (Å²) in [5.41, 5.74) is 16.3. The standard InChI is InChI=1S/C70H40N6O2/c71-41-42-27-33-61-57(35-42)58-40-48(75-59-23-11-7-19-49(59)50-20-8-12-24-60(50)75)30-34-62(58)76(61)67-55(43-15-3-1-4-16-43)36-47(37-56(67)44-17-5-2-6-18-44)70-73-68(45-28-31-53-51-21-9-13-25-63(51)77-65(53)38-45)72-69(74-70)46-29-32-54-52-22-10-14-26-64(52)78-66(54)39-46/h1-40H. The van der Waals surface area contributed by atoms with Gasteiger partial charge in [0, 0.05) is 76.6 Å². The molecule has 0 aliphatic heterocycles. The molecule has 78 heavy (non-hydrogen) atoms. The van der Waals surface area contributed by atoms with Crippen LogP contribution in [0, 0.1) is 11.3 Å². The summed E-state index contributed by atoms with van der Waals surface area (Å²) in [6.45, 7) is 0. The summed E-state index contributed by atoms with van der Waals surface area (Å²) in [7, 11) is 0. The Labute approximate surface area is 445 Å². The third kappa shape index (κ3) is 6.75. The Hall–Kier alpha value is -10.9. The SMILES string of the molecule is N#Cc1ccc2c(c1)c1cc(-n3c4ccccc4c4ccccc43)ccc1n2-c1c(-c2ccccc2)cc(-c2nc(-c3ccc4c(c3)oc3ccccc34)nc(-c3ccc4c(c3)oc3ccccc34)n2)cc1-c1ccccc1. The van der Waals surface area contributed by atoms with Gasteiger partial charge in [-0.15, -0.1) is 0 Å². The van der Waals surface area contributed by atoms with Gasteiger partial charge in [0.15, 0.2) is 17.5 Å². The largest absolute Gasteiger partial charge is 0.456 e. The highest BCUT2D eigenvalue weighted by Gasteiger charge is 2.25. The van der Waals surface area contributed by atoms with Crippen LogP contribution in [0.1, 0.15) is 5.56 Å². The molecule has 362 valence electrons. The van der Waals surface area contributed by atoms with Gasteiger partial charge in [-0.1, -0.05) is 146 Å². The summed E-state index contributed by atoms with van der Waals surface area (Å²) in [5.74, 6) is 1.51. The van der Waals surface area contributed by atoms with Crippen molar-refractivity contribution in [2.75, 3.05) is 0 Å². The normalized spacial score (nSPS) is 11.8. The zero-order chi connectivity index (χ0) is 51.4. The van der Waals surface area contributed by atoms with Gasteiger partial charge in [-0.25, -0.2) is 15.0 Å². The molecule has 0 aliphatic carbocycles. The number of nitrogens with zero attached hydrogens (tertiary/aromatic N) is 6. The minimum Gasteiger partial charge on any atom is -0.456 e. The van der Waals surface area contributed by atoms with Crippen LogP contribution in [0.15, 0.2) is 251 Å². The third-order valence-electron chi connectivity index (χ3n) is 15.4. The van der Waals surface area contributed by atoms with E-state index < -0.39 is 0 Å². The maximum atomic E-state index is 10.4. The number of benzene rings is 11. The summed E-state index contributed by atoms with van der Waals surface area (Å²) in [4.78, 5) is 16.0. The Morgan fingerprint density at radius 1 is 0.308 bits per heavy atom. The maximum Gasteiger partial charge on any atom is 0.164 e. The van der Waals surface area contributed by atoms with Crippen molar-refractivity contribution in [2.24, 2.45) is 0 Å². The van der Waals surface area contributed by atoms with E-state index in [1.54, 1.807) is 0 Å². The molecule has 8 nitrogen and oxygen atoms in total. The van der Waals surface area contributed by atoms with Crippen LogP contribution >= 0.6 is 0 Å². The van der Waals surface area contributed by atoms with E-state index in [1.165, 1.54) is 10.8 Å². The highest BCUT2D eigenvalue weighted by atomic mass is 16.3. The number of hydrogen-bond donors (Lipinski definition) is 0. The monoisotopic (exact) mass is 996 g/mol. The fourth-order valence-corrected chi connectivity index (χ4v) is 11.8. The number of nitriles is 1. The van der Waals surface area contributed by atoms with Gasteiger partial charge >= 0.3 is 0 Å². The Morgan fingerprint density at radius 2 is 0.744 bits per heavy atom. The number of rotatable bonds is 7. The number of para-hydroxylation sites is 4. The Kier molecular flexibility index (Phi) is 9.53. The van der Waals surface area contributed by atoms with Crippen LogP contribution in [0.3, 0.4) is 0 Å². The van der Waals surface area contributed by atoms with E-state index in [-0.39, 0.29) is 0 Å². The molecule has 0 fully saturated rings. The molecule has 5 heterocycles. The van der Waals surface area contributed by atoms with Gasteiger partial charge in [0.2, 0.25) is 0 Å². The fourth-order valence-electron chi connectivity index (χ4n) is 11.8. The molecule has 0 saturated heterocycles. The first kappa shape index (κ1) is 43.5. The molecule has 5 aromatic heterocycles. The van der Waals surface area contributed by atoms with Crippen molar-refractivity contribution < 1.29 is 8.83 Å². The quantitative estimate of drug-likeness (QED) is 0.158. The van der Waals surface area contributed by atoms with E-state index in [2.05, 4.69) is 185 Å². The van der Waals surface area contributed by atoms with Crippen molar-refractivity contribution in [2.45, 2.75) is 0 Å². The van der Waals surface area contributed by atoms with Crippen molar-refractivity contribution in [1.82, 2.24) is 24.1 Å². The van der Waals surface area contributed by atoms with Crippen LogP contribution < -0.4 is 0 Å². The van der Waals surface area contributed by atoms with Gasteiger partial charge in [0.05, 0.1) is 39.4 Å². The smallest absolute Gasteiger partial charge is 0.164 e. The average molecular weight is 997 g/mol. The predicted molar refractivity (Wildman–Crippen MR) is 315 cm³/mol. The molecule has 0 spiro atoms. The molecule has 16 rings (SSSR count). The molecule has 0 atom stereocenters. The van der Waals surface area contributed by atoms with Crippen LogP contribution in [-0.4, -0.2) is 24.1 Å². The van der Waals surface area contributed by atoms with Gasteiger partial charge in [-0.05, 0) is 108 Å². The van der Waals surface area contributed by atoms with Crippen molar-refractivity contribution in [3.63, 3.8) is 0 Å². The second-order valence-corrected chi connectivity index (χ2v) is 19.8. The zero-order valence-electron chi connectivity index (χ0n) is 41.6. The van der Waals surface area contributed by atoms with Gasteiger partial charge in [0.25, 0.3) is 0 Å². The van der Waals surface area contributed by atoms with Crippen LogP contribution in [0.4, 0.5) is 0 Å². The second-order valence-electron chi connectivity index (χ2n) is 19.8. The zero-order valence-corrected chi connectivity index (χ0v) is 41.6. The first-order valence-corrected chi connectivity index (χ1v) is 26.0. The number of aromatic nitrogens is 5. The molecular weight excluding hydrogens is 957 g/mol. The van der Waals surface area contributed by atoms with Gasteiger partial charge in [-0.3, -0.25) is 0 Å². The van der Waals surface area contributed by atoms with Gasteiger partial charge in [0.1, 0.15) is 22.3 Å². The first-order chi connectivity index (χ1) is 38.6. The molecule has 0 aliphatic rings. The lowest BCUT2D eigenvalue weighted by molar-refractivity contribution is 0.668. The lowest BCUT2D eigenvalue weighted by Crippen LogP contribution is -2.04. The summed E-state index contributed by atoms with van der Waals surface area (Å²) in [6.07, 6.45) is 0. The van der Waals surface area contributed by atoms with Gasteiger partial charge < -0.3 is 18.0 Å². The number of furan rings is 2.